The van der Waals surface area contributed by atoms with Gasteiger partial charge >= 0.3 is 0 Å². The van der Waals surface area contributed by atoms with Gasteiger partial charge in [0.1, 0.15) is 0 Å². The molecule has 2 aliphatic rings. The standard InChI is InChI=1S/C20H38O2/c1-4-6-7-8-17-13-15-20(21-3,16-14-17)18-9-11-19(12-10-18)22-5-2/h17-19H,4-16H2,1-3H3. The summed E-state index contributed by atoms with van der Waals surface area (Å²) in [5, 5.41) is 0. The summed E-state index contributed by atoms with van der Waals surface area (Å²) in [6.45, 7) is 5.28. The van der Waals surface area contributed by atoms with Gasteiger partial charge in [-0.25, -0.2) is 0 Å². The highest BCUT2D eigenvalue weighted by Crippen LogP contribution is 2.46. The first-order chi connectivity index (χ1) is 10.7. The van der Waals surface area contributed by atoms with Gasteiger partial charge in [-0.2, -0.15) is 0 Å². The lowest BCUT2D eigenvalue weighted by Crippen LogP contribution is -2.45. The van der Waals surface area contributed by atoms with Crippen LogP contribution in [0.4, 0.5) is 0 Å². The molecule has 2 fully saturated rings. The number of hydrogen-bond donors (Lipinski definition) is 0. The molecular weight excluding hydrogens is 272 g/mol. The summed E-state index contributed by atoms with van der Waals surface area (Å²) in [6.07, 6.45) is 16.6. The van der Waals surface area contributed by atoms with Gasteiger partial charge in [0, 0.05) is 13.7 Å². The Morgan fingerprint density at radius 3 is 2.14 bits per heavy atom. The maximum Gasteiger partial charge on any atom is 0.0707 e. The molecule has 2 saturated carbocycles. The van der Waals surface area contributed by atoms with Gasteiger partial charge < -0.3 is 9.47 Å². The lowest BCUT2D eigenvalue weighted by molar-refractivity contribution is -0.112. The Morgan fingerprint density at radius 2 is 1.59 bits per heavy atom. The molecule has 130 valence electrons. The molecule has 0 aromatic heterocycles. The van der Waals surface area contributed by atoms with E-state index in [2.05, 4.69) is 13.8 Å². The second kappa shape index (κ2) is 9.27. The third kappa shape index (κ3) is 4.71. The Hall–Kier alpha value is -0.0800. The zero-order valence-corrected chi connectivity index (χ0v) is 15.2. The molecular formula is C20H38O2. The smallest absolute Gasteiger partial charge is 0.0707 e. The van der Waals surface area contributed by atoms with Crippen molar-refractivity contribution in [1.29, 1.82) is 0 Å². The summed E-state index contributed by atoms with van der Waals surface area (Å²) in [5.41, 5.74) is 0.193. The fourth-order valence-electron chi connectivity index (χ4n) is 4.91. The van der Waals surface area contributed by atoms with Crippen molar-refractivity contribution < 1.29 is 9.47 Å². The minimum absolute atomic E-state index is 0.193. The van der Waals surface area contributed by atoms with Crippen LogP contribution in [0.25, 0.3) is 0 Å². The molecule has 0 saturated heterocycles. The van der Waals surface area contributed by atoms with Gasteiger partial charge in [0.05, 0.1) is 11.7 Å². The van der Waals surface area contributed by atoms with Gasteiger partial charge in [-0.1, -0.05) is 32.6 Å². The summed E-state index contributed by atoms with van der Waals surface area (Å²) < 4.78 is 12.0. The zero-order valence-electron chi connectivity index (χ0n) is 15.2. The first kappa shape index (κ1) is 18.3. The summed E-state index contributed by atoms with van der Waals surface area (Å²) in [6, 6.07) is 0. The second-order valence-electron chi connectivity index (χ2n) is 7.64. The van der Waals surface area contributed by atoms with Crippen LogP contribution in [0.1, 0.15) is 90.9 Å². The molecule has 2 rings (SSSR count). The number of methoxy groups -OCH3 is 1. The van der Waals surface area contributed by atoms with E-state index < -0.39 is 0 Å². The molecule has 0 aromatic carbocycles. The number of unbranched alkanes of at least 4 members (excludes halogenated alkanes) is 2. The van der Waals surface area contributed by atoms with Crippen LogP contribution < -0.4 is 0 Å². The van der Waals surface area contributed by atoms with Gasteiger partial charge in [-0.05, 0) is 70.1 Å². The third-order valence-electron chi connectivity index (χ3n) is 6.39. The van der Waals surface area contributed by atoms with Crippen LogP contribution >= 0.6 is 0 Å². The summed E-state index contributed by atoms with van der Waals surface area (Å²) in [5.74, 6) is 1.74. The fraction of sp³-hybridized carbons (Fsp3) is 1.00. The monoisotopic (exact) mass is 310 g/mol. The van der Waals surface area contributed by atoms with E-state index in [0.29, 0.717) is 6.10 Å². The molecule has 0 spiro atoms. The number of hydrogen-bond acceptors (Lipinski definition) is 2. The Balaban J connectivity index is 1.79. The van der Waals surface area contributed by atoms with Crippen molar-refractivity contribution in [1.82, 2.24) is 0 Å². The highest BCUT2D eigenvalue weighted by molar-refractivity contribution is 4.95. The molecule has 22 heavy (non-hydrogen) atoms. The van der Waals surface area contributed by atoms with E-state index in [1.807, 2.05) is 7.11 Å². The van der Waals surface area contributed by atoms with Gasteiger partial charge in [-0.15, -0.1) is 0 Å². The zero-order chi connectivity index (χ0) is 15.8. The molecule has 0 aromatic rings. The van der Waals surface area contributed by atoms with E-state index in [4.69, 9.17) is 9.47 Å². The van der Waals surface area contributed by atoms with Crippen LogP contribution in [0.5, 0.6) is 0 Å². The van der Waals surface area contributed by atoms with E-state index in [0.717, 1.165) is 18.4 Å². The van der Waals surface area contributed by atoms with Crippen LogP contribution in [0.2, 0.25) is 0 Å². The average molecular weight is 311 g/mol. The average Bonchev–Trinajstić information content (AvgIpc) is 2.57. The van der Waals surface area contributed by atoms with Gasteiger partial charge in [0.15, 0.2) is 0 Å². The molecule has 0 aliphatic heterocycles. The predicted molar refractivity (Wildman–Crippen MR) is 93.2 cm³/mol. The lowest BCUT2D eigenvalue weighted by atomic mass is 9.66. The second-order valence-corrected chi connectivity index (χ2v) is 7.64. The van der Waals surface area contributed by atoms with Crippen molar-refractivity contribution in [3.05, 3.63) is 0 Å². The highest BCUT2D eigenvalue weighted by atomic mass is 16.5. The summed E-state index contributed by atoms with van der Waals surface area (Å²) >= 11 is 0. The third-order valence-corrected chi connectivity index (χ3v) is 6.39. The SMILES string of the molecule is CCCCCC1CCC(OC)(C2CCC(OCC)CC2)CC1. The Labute approximate surface area is 138 Å². The van der Waals surface area contributed by atoms with E-state index in [1.165, 1.54) is 77.0 Å². The quantitative estimate of drug-likeness (QED) is 0.532. The van der Waals surface area contributed by atoms with Crippen LogP contribution in [0, 0.1) is 11.8 Å². The van der Waals surface area contributed by atoms with E-state index in [-0.39, 0.29) is 5.60 Å². The fourth-order valence-corrected chi connectivity index (χ4v) is 4.91. The Bertz CT molecular complexity index is 286. The molecule has 0 unspecified atom stereocenters. The molecule has 0 atom stereocenters. The predicted octanol–water partition coefficient (Wildman–Crippen LogP) is 5.74. The molecule has 2 aliphatic carbocycles. The van der Waals surface area contributed by atoms with Crippen molar-refractivity contribution in [2.75, 3.05) is 13.7 Å². The van der Waals surface area contributed by atoms with Crippen LogP contribution in [-0.4, -0.2) is 25.4 Å². The first-order valence-corrected chi connectivity index (χ1v) is 9.90. The van der Waals surface area contributed by atoms with Crippen molar-refractivity contribution >= 4 is 0 Å². The molecule has 2 nitrogen and oxygen atoms in total. The van der Waals surface area contributed by atoms with Crippen molar-refractivity contribution in [3.8, 4) is 0 Å². The lowest BCUT2D eigenvalue weighted by Gasteiger charge is -2.47. The Kier molecular flexibility index (Phi) is 7.70. The summed E-state index contributed by atoms with van der Waals surface area (Å²) in [4.78, 5) is 0. The van der Waals surface area contributed by atoms with E-state index >= 15 is 0 Å². The van der Waals surface area contributed by atoms with Crippen LogP contribution in [0.15, 0.2) is 0 Å². The molecule has 0 bridgehead atoms. The molecule has 0 radical (unpaired) electrons. The first-order valence-electron chi connectivity index (χ1n) is 9.90. The van der Waals surface area contributed by atoms with Crippen LogP contribution in [-0.2, 0) is 9.47 Å². The van der Waals surface area contributed by atoms with Gasteiger partial charge in [-0.3, -0.25) is 0 Å². The number of ether oxygens (including phenoxy) is 2. The van der Waals surface area contributed by atoms with Gasteiger partial charge in [0.2, 0.25) is 0 Å². The van der Waals surface area contributed by atoms with Crippen molar-refractivity contribution in [2.24, 2.45) is 11.8 Å². The maximum atomic E-state index is 6.15. The minimum atomic E-state index is 0.193. The minimum Gasteiger partial charge on any atom is -0.379 e. The molecule has 0 N–H and O–H groups in total. The number of rotatable bonds is 8. The highest BCUT2D eigenvalue weighted by Gasteiger charge is 2.43. The molecule has 2 heteroatoms. The van der Waals surface area contributed by atoms with Crippen molar-refractivity contribution in [2.45, 2.75) is 103 Å². The largest absolute Gasteiger partial charge is 0.379 e. The Morgan fingerprint density at radius 1 is 0.909 bits per heavy atom. The van der Waals surface area contributed by atoms with Crippen LogP contribution in [0.3, 0.4) is 0 Å². The van der Waals surface area contributed by atoms with E-state index in [1.54, 1.807) is 0 Å². The van der Waals surface area contributed by atoms with E-state index in [9.17, 15) is 0 Å². The summed E-state index contributed by atoms with van der Waals surface area (Å²) in [7, 11) is 1.96. The molecule has 0 heterocycles. The topological polar surface area (TPSA) is 18.5 Å². The maximum absolute atomic E-state index is 6.15. The van der Waals surface area contributed by atoms with Gasteiger partial charge in [0.25, 0.3) is 0 Å². The van der Waals surface area contributed by atoms with Crippen molar-refractivity contribution in [3.63, 3.8) is 0 Å². The normalized spacial score (nSPS) is 36.4. The molecule has 0 amide bonds.